The summed E-state index contributed by atoms with van der Waals surface area (Å²) < 4.78 is 9.63. The summed E-state index contributed by atoms with van der Waals surface area (Å²) in [6.45, 7) is 19.1. The molecule has 1 saturated carbocycles. The molecule has 2 aromatic heterocycles. The molecule has 6 heteroatoms. The highest BCUT2D eigenvalue weighted by molar-refractivity contribution is 7.26. The Kier molecular flexibility index (Phi) is 8.47. The van der Waals surface area contributed by atoms with Crippen LogP contribution in [0, 0.1) is 20.8 Å². The Morgan fingerprint density at radius 3 is 2.06 bits per heavy atom. The summed E-state index contributed by atoms with van der Waals surface area (Å²) in [6, 6.07) is 55.8. The third-order valence-corrected chi connectivity index (χ3v) is 18.3. The molecular weight excluding hydrogens is 858 g/mol. The van der Waals surface area contributed by atoms with E-state index >= 15 is 0 Å². The number of hydrogen-bond acceptors (Lipinski definition) is 5. The minimum absolute atomic E-state index is 0.0215. The lowest BCUT2D eigenvalue weighted by molar-refractivity contribution is 0.194. The molecule has 2 unspecified atom stereocenters. The Labute approximate surface area is 409 Å². The molecule has 0 bridgehead atoms. The number of anilines is 8. The van der Waals surface area contributed by atoms with Crippen LogP contribution >= 0.6 is 11.3 Å². The van der Waals surface area contributed by atoms with Crippen molar-refractivity contribution >= 4 is 122 Å². The lowest BCUT2D eigenvalue weighted by Crippen LogP contribution is -2.61. The van der Waals surface area contributed by atoms with E-state index in [1.165, 1.54) is 123 Å². The fourth-order valence-electron chi connectivity index (χ4n) is 13.8. The van der Waals surface area contributed by atoms with Gasteiger partial charge in [0.2, 0.25) is 0 Å². The Balaban J connectivity index is 1.09. The van der Waals surface area contributed by atoms with Gasteiger partial charge >= 0.3 is 0 Å². The molecule has 8 aromatic carbocycles. The Morgan fingerprint density at radius 1 is 0.565 bits per heavy atom. The van der Waals surface area contributed by atoms with E-state index in [2.05, 4.69) is 216 Å². The van der Waals surface area contributed by atoms with Gasteiger partial charge in [0.1, 0.15) is 5.58 Å². The van der Waals surface area contributed by atoms with Gasteiger partial charge in [0.25, 0.3) is 6.71 Å². The van der Waals surface area contributed by atoms with E-state index in [0.29, 0.717) is 0 Å². The van der Waals surface area contributed by atoms with Crippen LogP contribution in [-0.4, -0.2) is 12.3 Å². The van der Waals surface area contributed by atoms with Gasteiger partial charge in [-0.2, -0.15) is 0 Å². The Bertz CT molecular complexity index is 3850. The van der Waals surface area contributed by atoms with Crippen molar-refractivity contribution in [3.05, 3.63) is 173 Å². The van der Waals surface area contributed by atoms with Crippen molar-refractivity contribution in [1.29, 1.82) is 0 Å². The zero-order chi connectivity index (χ0) is 46.9. The van der Waals surface area contributed by atoms with Crippen LogP contribution in [0.15, 0.2) is 150 Å². The lowest BCUT2D eigenvalue weighted by Gasteiger charge is -2.51. The molecule has 0 amide bonds. The second kappa shape index (κ2) is 14.2. The van der Waals surface area contributed by atoms with Crippen molar-refractivity contribution in [2.24, 2.45) is 0 Å². The Hall–Kier alpha value is -6.76. The molecule has 4 aliphatic rings. The van der Waals surface area contributed by atoms with Crippen LogP contribution in [0.3, 0.4) is 0 Å². The number of furan rings is 1. The van der Waals surface area contributed by atoms with Crippen molar-refractivity contribution in [3.8, 4) is 0 Å². The van der Waals surface area contributed by atoms with Crippen LogP contribution < -0.4 is 31.1 Å². The predicted molar refractivity (Wildman–Crippen MR) is 296 cm³/mol. The summed E-state index contributed by atoms with van der Waals surface area (Å²) in [5.41, 5.74) is 22.3. The third-order valence-electron chi connectivity index (χ3n) is 17.1. The average molecular weight is 914 g/mol. The third kappa shape index (κ3) is 5.53. The highest BCUT2D eigenvalue weighted by atomic mass is 32.1. The molecule has 0 spiro atoms. The number of fused-ring (bicyclic) bond motifs is 13. The first-order valence-corrected chi connectivity index (χ1v) is 25.9. The predicted octanol–water partition coefficient (Wildman–Crippen LogP) is 16.0. The summed E-state index contributed by atoms with van der Waals surface area (Å²) in [4.78, 5) is 7.97. The van der Waals surface area contributed by atoms with E-state index in [1.807, 2.05) is 11.3 Å². The minimum atomic E-state index is -0.0898. The van der Waals surface area contributed by atoms with E-state index in [9.17, 15) is 0 Å². The second-order valence-electron chi connectivity index (χ2n) is 22.2. The van der Waals surface area contributed by atoms with Crippen molar-refractivity contribution in [2.45, 2.75) is 97.4 Å². The highest BCUT2D eigenvalue weighted by Crippen LogP contribution is 2.62. The summed E-state index contributed by atoms with van der Waals surface area (Å²) in [5.74, 6) is 0. The van der Waals surface area contributed by atoms with E-state index in [-0.39, 0.29) is 23.1 Å². The molecule has 0 N–H and O–H groups in total. The topological polar surface area (TPSA) is 22.9 Å². The normalized spacial score (nSPS) is 19.4. The number of para-hydroxylation sites is 2. The zero-order valence-electron chi connectivity index (χ0n) is 40.9. The van der Waals surface area contributed by atoms with Crippen LogP contribution in [0.4, 0.5) is 45.5 Å². The smallest absolute Gasteiger partial charge is 0.252 e. The van der Waals surface area contributed by atoms with Gasteiger partial charge in [0.05, 0.1) is 21.6 Å². The first-order valence-electron chi connectivity index (χ1n) is 25.1. The second-order valence-corrected chi connectivity index (χ2v) is 23.3. The van der Waals surface area contributed by atoms with E-state index in [4.69, 9.17) is 4.42 Å². The first kappa shape index (κ1) is 41.2. The van der Waals surface area contributed by atoms with Crippen molar-refractivity contribution in [1.82, 2.24) is 0 Å². The van der Waals surface area contributed by atoms with Crippen molar-refractivity contribution in [2.75, 3.05) is 14.7 Å². The highest BCUT2D eigenvalue weighted by Gasteiger charge is 2.58. The molecule has 5 heterocycles. The molecule has 4 nitrogen and oxygen atoms in total. The molecule has 1 aliphatic carbocycles. The molecule has 10 aromatic rings. The van der Waals surface area contributed by atoms with Gasteiger partial charge in [-0.25, -0.2) is 0 Å². The number of benzene rings is 8. The number of aryl methyl sites for hydroxylation is 3. The van der Waals surface area contributed by atoms with E-state index in [0.717, 1.165) is 34.0 Å². The van der Waals surface area contributed by atoms with Crippen LogP contribution in [0.2, 0.25) is 0 Å². The maximum atomic E-state index is 7.01. The standard InChI is InChI=1S/C63H56BN3OS/c1-37-31-39(3)57-52(32-37)67(63(8)30-14-13-29-62(57,63)7)41-26-27-46-51(36-41)66(49-21-15-19-44-42-17-9-11-23-55(42)68-59(44)49)54-34-38(2)33-53-58(54)64(46)47-35-40(61(4,5)6)25-28-48(47)65(53)50-22-16-20-45-43-18-10-12-24-56(43)69-60(45)50/h9-12,15-28,31-36H,13-14,29-30H2,1-8H3. The van der Waals surface area contributed by atoms with Crippen LogP contribution in [0.1, 0.15) is 88.1 Å². The molecule has 338 valence electrons. The lowest BCUT2D eigenvalue weighted by atomic mass is 9.33. The van der Waals surface area contributed by atoms with Gasteiger partial charge in [-0.3, -0.25) is 0 Å². The number of nitrogens with zero attached hydrogens (tertiary/aromatic N) is 3. The van der Waals surface area contributed by atoms with Gasteiger partial charge in [-0.1, -0.05) is 125 Å². The fraction of sp³-hybridized carbons (Fsp3) is 0.238. The van der Waals surface area contributed by atoms with Crippen molar-refractivity contribution < 1.29 is 4.42 Å². The SMILES string of the molecule is Cc1cc2c3c(c1)N(c1cccc4c1sc1ccccc14)c1ccc(C(C)(C)C)cc1B3c1ccc(N3c4cc(C)cc(C)c4C4(C)CCCCC34C)cc1N2c1cccc2c1oc1ccccc12. The van der Waals surface area contributed by atoms with Gasteiger partial charge < -0.3 is 19.1 Å². The van der Waals surface area contributed by atoms with E-state index in [1.54, 1.807) is 0 Å². The maximum absolute atomic E-state index is 7.01. The first-order chi connectivity index (χ1) is 33.3. The number of rotatable bonds is 3. The van der Waals surface area contributed by atoms with Crippen LogP contribution in [-0.2, 0) is 10.8 Å². The molecule has 0 saturated heterocycles. The number of thiophene rings is 1. The maximum Gasteiger partial charge on any atom is 0.252 e. The summed E-state index contributed by atoms with van der Waals surface area (Å²) in [6.07, 6.45) is 4.83. The molecule has 2 atom stereocenters. The van der Waals surface area contributed by atoms with Gasteiger partial charge in [-0.05, 0) is 151 Å². The molecule has 3 aliphatic heterocycles. The van der Waals surface area contributed by atoms with Gasteiger partial charge in [-0.15, -0.1) is 11.3 Å². The minimum Gasteiger partial charge on any atom is -0.454 e. The number of hydrogen-bond donors (Lipinski definition) is 0. The Morgan fingerprint density at radius 2 is 1.25 bits per heavy atom. The molecule has 14 rings (SSSR count). The molecule has 0 radical (unpaired) electrons. The van der Waals surface area contributed by atoms with Crippen LogP contribution in [0.25, 0.3) is 42.1 Å². The summed E-state index contributed by atoms with van der Waals surface area (Å²) >= 11 is 1.91. The summed E-state index contributed by atoms with van der Waals surface area (Å²) in [7, 11) is 0. The summed E-state index contributed by atoms with van der Waals surface area (Å²) in [5, 5.41) is 4.89. The van der Waals surface area contributed by atoms with Gasteiger partial charge in [0.15, 0.2) is 5.58 Å². The van der Waals surface area contributed by atoms with Crippen LogP contribution in [0.5, 0.6) is 0 Å². The molecule has 1 fully saturated rings. The monoisotopic (exact) mass is 913 g/mol. The molecular formula is C63H56BN3OS. The van der Waals surface area contributed by atoms with Gasteiger partial charge in [0, 0.05) is 65.8 Å². The van der Waals surface area contributed by atoms with E-state index < -0.39 is 0 Å². The molecule has 69 heavy (non-hydrogen) atoms. The largest absolute Gasteiger partial charge is 0.454 e. The zero-order valence-corrected chi connectivity index (χ0v) is 41.7. The fourth-order valence-corrected chi connectivity index (χ4v) is 15.0. The van der Waals surface area contributed by atoms with Crippen molar-refractivity contribution in [3.63, 3.8) is 0 Å². The quantitative estimate of drug-likeness (QED) is 0.165. The average Bonchev–Trinajstić information content (AvgIpc) is 3.97.